The van der Waals surface area contributed by atoms with Crippen LogP contribution in [0.5, 0.6) is 0 Å². The minimum atomic E-state index is -1.14. The average molecular weight is 227 g/mol. The molecular formula is C12H18FNO2. The first-order chi connectivity index (χ1) is 7.48. The van der Waals surface area contributed by atoms with E-state index in [-0.39, 0.29) is 12.7 Å². The molecule has 3 nitrogen and oxygen atoms in total. The van der Waals surface area contributed by atoms with Gasteiger partial charge in [-0.25, -0.2) is 4.39 Å². The van der Waals surface area contributed by atoms with Crippen LogP contribution < -0.4 is 0 Å². The first kappa shape index (κ1) is 13.1. The number of halogens is 1. The highest BCUT2D eigenvalue weighted by molar-refractivity contribution is 5.13. The van der Waals surface area contributed by atoms with Crippen LogP contribution in [0.25, 0.3) is 0 Å². The number of rotatable bonds is 5. The van der Waals surface area contributed by atoms with Crippen LogP contribution in [0.2, 0.25) is 0 Å². The van der Waals surface area contributed by atoms with Gasteiger partial charge in [-0.2, -0.15) is 0 Å². The quantitative estimate of drug-likeness (QED) is 0.838. The molecule has 1 aromatic rings. The van der Waals surface area contributed by atoms with Crippen molar-refractivity contribution in [3.8, 4) is 0 Å². The first-order valence-electron chi connectivity index (χ1n) is 5.44. The topological polar surface area (TPSA) is 42.4 Å². The minimum absolute atomic E-state index is 0.0403. The third kappa shape index (κ3) is 3.25. The Bertz CT molecular complexity index is 326. The number of aliphatic hydroxyl groups is 1. The highest BCUT2D eigenvalue weighted by atomic mass is 19.1. The molecule has 0 saturated carbocycles. The van der Waals surface area contributed by atoms with Gasteiger partial charge in [0.2, 0.25) is 0 Å². The molecule has 1 atom stereocenters. The Labute approximate surface area is 95.3 Å². The number of nitrogens with zero attached hydrogens (tertiary/aromatic N) is 1. The second-order valence-corrected chi connectivity index (χ2v) is 4.11. The molecule has 0 aromatic carbocycles. The predicted molar refractivity (Wildman–Crippen MR) is 59.5 cm³/mol. The molecule has 0 amide bonds. The van der Waals surface area contributed by atoms with E-state index >= 15 is 0 Å². The van der Waals surface area contributed by atoms with E-state index in [0.717, 1.165) is 6.20 Å². The fourth-order valence-electron chi connectivity index (χ4n) is 1.31. The fourth-order valence-corrected chi connectivity index (χ4v) is 1.31. The average Bonchev–Trinajstić information content (AvgIpc) is 2.27. The maximum atomic E-state index is 12.7. The van der Waals surface area contributed by atoms with Crippen molar-refractivity contribution in [1.82, 2.24) is 4.98 Å². The highest BCUT2D eigenvalue weighted by Gasteiger charge is 2.29. The Morgan fingerprint density at radius 1 is 1.50 bits per heavy atom. The summed E-state index contributed by atoms with van der Waals surface area (Å²) in [4.78, 5) is 3.89. The van der Waals surface area contributed by atoms with Gasteiger partial charge in [0.25, 0.3) is 0 Å². The van der Waals surface area contributed by atoms with Crippen molar-refractivity contribution in [2.75, 3.05) is 6.61 Å². The third-order valence-corrected chi connectivity index (χ3v) is 2.44. The molecule has 0 spiro atoms. The van der Waals surface area contributed by atoms with Gasteiger partial charge >= 0.3 is 0 Å². The molecule has 1 N–H and O–H groups in total. The molecular weight excluding hydrogens is 209 g/mol. The number of ether oxygens (including phenoxy) is 1. The minimum Gasteiger partial charge on any atom is -0.381 e. The molecule has 1 unspecified atom stereocenters. The van der Waals surface area contributed by atoms with Crippen LogP contribution in [0.1, 0.15) is 32.9 Å². The van der Waals surface area contributed by atoms with E-state index in [1.54, 1.807) is 0 Å². The van der Waals surface area contributed by atoms with Gasteiger partial charge in [0.1, 0.15) is 11.4 Å². The predicted octanol–water partition coefficient (Wildman–Crippen LogP) is 2.24. The normalized spacial score (nSPS) is 15.1. The van der Waals surface area contributed by atoms with Gasteiger partial charge in [0.15, 0.2) is 0 Å². The second kappa shape index (κ2) is 5.37. The smallest absolute Gasteiger partial charge is 0.141 e. The maximum Gasteiger partial charge on any atom is 0.141 e. The van der Waals surface area contributed by atoms with Crippen LogP contribution in [0.3, 0.4) is 0 Å². The molecule has 1 heterocycles. The lowest BCUT2D eigenvalue weighted by atomic mass is 9.97. The number of aromatic nitrogens is 1. The Kier molecular flexibility index (Phi) is 4.38. The molecule has 1 rings (SSSR count). The van der Waals surface area contributed by atoms with Crippen molar-refractivity contribution < 1.29 is 14.2 Å². The van der Waals surface area contributed by atoms with Crippen LogP contribution in [0.4, 0.5) is 4.39 Å². The fraction of sp³-hybridized carbons (Fsp3) is 0.583. The van der Waals surface area contributed by atoms with E-state index in [2.05, 4.69) is 4.98 Å². The van der Waals surface area contributed by atoms with Crippen LogP contribution in [-0.2, 0) is 10.3 Å². The molecule has 0 fully saturated rings. The van der Waals surface area contributed by atoms with Crippen LogP contribution in [-0.4, -0.2) is 22.8 Å². The molecule has 1 aromatic heterocycles. The monoisotopic (exact) mass is 227 g/mol. The number of hydrogen-bond acceptors (Lipinski definition) is 3. The van der Waals surface area contributed by atoms with Crippen molar-refractivity contribution in [3.63, 3.8) is 0 Å². The third-order valence-electron chi connectivity index (χ3n) is 2.44. The SMILES string of the molecule is CCC(O)(COC(C)C)c1ccc(F)cn1. The summed E-state index contributed by atoms with van der Waals surface area (Å²) in [5.74, 6) is -0.410. The van der Waals surface area contributed by atoms with Gasteiger partial charge in [0.05, 0.1) is 24.6 Å². The van der Waals surface area contributed by atoms with Crippen LogP contribution in [0, 0.1) is 5.82 Å². The summed E-state index contributed by atoms with van der Waals surface area (Å²) < 4.78 is 18.1. The molecule has 90 valence electrons. The molecule has 0 bridgehead atoms. The standard InChI is InChI=1S/C12H18FNO2/c1-4-12(15,8-16-9(2)3)11-6-5-10(13)7-14-11/h5-7,9,15H,4,8H2,1-3H3. The zero-order valence-electron chi connectivity index (χ0n) is 9.90. The Morgan fingerprint density at radius 2 is 2.19 bits per heavy atom. The van der Waals surface area contributed by atoms with Crippen molar-refractivity contribution in [2.24, 2.45) is 0 Å². The van der Waals surface area contributed by atoms with Crippen LogP contribution >= 0.6 is 0 Å². The lowest BCUT2D eigenvalue weighted by Gasteiger charge is -2.26. The Morgan fingerprint density at radius 3 is 2.62 bits per heavy atom. The van der Waals surface area contributed by atoms with E-state index in [9.17, 15) is 9.50 Å². The van der Waals surface area contributed by atoms with E-state index in [1.807, 2.05) is 20.8 Å². The summed E-state index contributed by atoms with van der Waals surface area (Å²) in [6.45, 7) is 5.80. The van der Waals surface area contributed by atoms with Gasteiger partial charge in [-0.05, 0) is 32.4 Å². The summed E-state index contributed by atoms with van der Waals surface area (Å²) in [5.41, 5.74) is -0.699. The van der Waals surface area contributed by atoms with Gasteiger partial charge in [0, 0.05) is 0 Å². The summed E-state index contributed by atoms with van der Waals surface area (Å²) in [7, 11) is 0. The summed E-state index contributed by atoms with van der Waals surface area (Å²) in [5, 5.41) is 10.3. The Balaban J connectivity index is 2.82. The van der Waals surface area contributed by atoms with Crippen LogP contribution in [0.15, 0.2) is 18.3 Å². The number of hydrogen-bond donors (Lipinski definition) is 1. The lowest BCUT2D eigenvalue weighted by molar-refractivity contribution is -0.0737. The molecule has 0 radical (unpaired) electrons. The van der Waals surface area contributed by atoms with E-state index < -0.39 is 11.4 Å². The van der Waals surface area contributed by atoms with Crippen molar-refractivity contribution in [1.29, 1.82) is 0 Å². The number of pyridine rings is 1. The lowest BCUT2D eigenvalue weighted by Crippen LogP contribution is -2.33. The second-order valence-electron chi connectivity index (χ2n) is 4.11. The van der Waals surface area contributed by atoms with Crippen molar-refractivity contribution in [2.45, 2.75) is 38.9 Å². The van der Waals surface area contributed by atoms with Crippen molar-refractivity contribution >= 4 is 0 Å². The van der Waals surface area contributed by atoms with Gasteiger partial charge in [-0.15, -0.1) is 0 Å². The Hall–Kier alpha value is -1.00. The van der Waals surface area contributed by atoms with Gasteiger partial charge in [-0.1, -0.05) is 6.92 Å². The summed E-state index contributed by atoms with van der Waals surface area (Å²) in [6.07, 6.45) is 1.61. The summed E-state index contributed by atoms with van der Waals surface area (Å²) in [6, 6.07) is 2.78. The molecule has 4 heteroatoms. The largest absolute Gasteiger partial charge is 0.381 e. The zero-order valence-corrected chi connectivity index (χ0v) is 9.90. The van der Waals surface area contributed by atoms with E-state index in [4.69, 9.17) is 4.74 Å². The summed E-state index contributed by atoms with van der Waals surface area (Å²) >= 11 is 0. The zero-order chi connectivity index (χ0) is 12.2. The highest BCUT2D eigenvalue weighted by Crippen LogP contribution is 2.24. The molecule has 16 heavy (non-hydrogen) atoms. The van der Waals surface area contributed by atoms with E-state index in [0.29, 0.717) is 12.1 Å². The van der Waals surface area contributed by atoms with Gasteiger partial charge < -0.3 is 9.84 Å². The maximum absolute atomic E-state index is 12.7. The molecule has 0 aliphatic carbocycles. The first-order valence-corrected chi connectivity index (χ1v) is 5.44. The molecule has 0 aliphatic heterocycles. The van der Waals surface area contributed by atoms with E-state index in [1.165, 1.54) is 12.1 Å². The van der Waals surface area contributed by atoms with Crippen molar-refractivity contribution in [3.05, 3.63) is 29.8 Å². The molecule has 0 saturated heterocycles. The van der Waals surface area contributed by atoms with Gasteiger partial charge in [-0.3, -0.25) is 4.98 Å². The molecule has 0 aliphatic rings.